The zero-order valence-corrected chi connectivity index (χ0v) is 11.6. The van der Waals surface area contributed by atoms with Crippen LogP contribution < -0.4 is 4.74 Å². The van der Waals surface area contributed by atoms with Crippen molar-refractivity contribution in [3.63, 3.8) is 0 Å². The van der Waals surface area contributed by atoms with Gasteiger partial charge in [0.05, 0.1) is 5.69 Å². The number of aromatic nitrogens is 2. The van der Waals surface area contributed by atoms with E-state index in [1.807, 2.05) is 23.9 Å². The molecule has 2 rings (SSSR count). The summed E-state index contributed by atoms with van der Waals surface area (Å²) < 4.78 is 7.44. The highest BCUT2D eigenvalue weighted by Crippen LogP contribution is 2.18. The standard InChI is InChI=1S/C16H20N2O/c1-4-9-19-15-8-6-7-13(11-15)10-14-12-18(3)17-16(14)5-2/h4,6-8,11-12H,1,5,9-10H2,2-3H3. The van der Waals surface area contributed by atoms with Gasteiger partial charge in [-0.05, 0) is 29.7 Å². The molecule has 3 nitrogen and oxygen atoms in total. The van der Waals surface area contributed by atoms with Crippen molar-refractivity contribution in [1.82, 2.24) is 9.78 Å². The Kier molecular flexibility index (Phi) is 4.39. The van der Waals surface area contributed by atoms with Gasteiger partial charge in [-0.15, -0.1) is 0 Å². The number of rotatable bonds is 6. The average molecular weight is 256 g/mol. The van der Waals surface area contributed by atoms with Gasteiger partial charge < -0.3 is 4.74 Å². The molecule has 0 unspecified atom stereocenters. The summed E-state index contributed by atoms with van der Waals surface area (Å²) in [4.78, 5) is 0. The van der Waals surface area contributed by atoms with Gasteiger partial charge in [0.25, 0.3) is 0 Å². The number of benzene rings is 1. The molecule has 100 valence electrons. The van der Waals surface area contributed by atoms with Crippen molar-refractivity contribution in [1.29, 1.82) is 0 Å². The summed E-state index contributed by atoms with van der Waals surface area (Å²) in [6.45, 7) is 6.33. The van der Waals surface area contributed by atoms with E-state index in [4.69, 9.17) is 4.74 Å². The maximum absolute atomic E-state index is 5.56. The first-order chi connectivity index (χ1) is 9.22. The van der Waals surface area contributed by atoms with Gasteiger partial charge in [0, 0.05) is 19.7 Å². The highest BCUT2D eigenvalue weighted by Gasteiger charge is 2.07. The Hall–Kier alpha value is -2.03. The minimum absolute atomic E-state index is 0.538. The third kappa shape index (κ3) is 3.47. The molecular formula is C16H20N2O. The maximum Gasteiger partial charge on any atom is 0.120 e. The molecule has 3 heteroatoms. The molecule has 1 aromatic carbocycles. The SMILES string of the molecule is C=CCOc1cccc(Cc2cn(C)nc2CC)c1. The third-order valence-corrected chi connectivity index (χ3v) is 2.99. The molecule has 1 aromatic heterocycles. The molecule has 0 spiro atoms. The van der Waals surface area contributed by atoms with E-state index in [-0.39, 0.29) is 0 Å². The van der Waals surface area contributed by atoms with Crippen molar-refractivity contribution in [3.8, 4) is 5.75 Å². The van der Waals surface area contributed by atoms with Gasteiger partial charge >= 0.3 is 0 Å². The van der Waals surface area contributed by atoms with Crippen LogP contribution in [-0.4, -0.2) is 16.4 Å². The lowest BCUT2D eigenvalue weighted by Crippen LogP contribution is -1.95. The monoisotopic (exact) mass is 256 g/mol. The fourth-order valence-corrected chi connectivity index (χ4v) is 2.15. The molecule has 0 aliphatic heterocycles. The average Bonchev–Trinajstić information content (AvgIpc) is 2.77. The van der Waals surface area contributed by atoms with Gasteiger partial charge in [0.1, 0.15) is 12.4 Å². The van der Waals surface area contributed by atoms with E-state index in [1.54, 1.807) is 6.08 Å². The lowest BCUT2D eigenvalue weighted by Gasteiger charge is -2.06. The van der Waals surface area contributed by atoms with Crippen LogP contribution in [0.2, 0.25) is 0 Å². The number of hydrogen-bond acceptors (Lipinski definition) is 2. The Balaban J connectivity index is 2.15. The van der Waals surface area contributed by atoms with Crippen molar-refractivity contribution in [2.75, 3.05) is 6.61 Å². The molecule has 19 heavy (non-hydrogen) atoms. The van der Waals surface area contributed by atoms with Gasteiger partial charge in [0.2, 0.25) is 0 Å². The molecule has 0 N–H and O–H groups in total. The minimum Gasteiger partial charge on any atom is -0.490 e. The molecule has 1 heterocycles. The van der Waals surface area contributed by atoms with E-state index >= 15 is 0 Å². The van der Waals surface area contributed by atoms with Gasteiger partial charge in [-0.3, -0.25) is 4.68 Å². The van der Waals surface area contributed by atoms with Crippen LogP contribution in [0.1, 0.15) is 23.7 Å². The van der Waals surface area contributed by atoms with E-state index in [9.17, 15) is 0 Å². The van der Waals surface area contributed by atoms with Crippen LogP contribution >= 0.6 is 0 Å². The van der Waals surface area contributed by atoms with Crippen LogP contribution in [0.25, 0.3) is 0 Å². The van der Waals surface area contributed by atoms with Crippen LogP contribution in [0.5, 0.6) is 5.75 Å². The first-order valence-electron chi connectivity index (χ1n) is 6.57. The normalized spacial score (nSPS) is 10.4. The van der Waals surface area contributed by atoms with Crippen LogP contribution in [0, 0.1) is 0 Å². The minimum atomic E-state index is 0.538. The summed E-state index contributed by atoms with van der Waals surface area (Å²) in [5, 5.41) is 4.47. The molecule has 0 bridgehead atoms. The molecule has 2 aromatic rings. The summed E-state index contributed by atoms with van der Waals surface area (Å²) >= 11 is 0. The molecule has 0 aliphatic rings. The molecule has 0 amide bonds. The second-order valence-electron chi connectivity index (χ2n) is 4.55. The molecular weight excluding hydrogens is 236 g/mol. The highest BCUT2D eigenvalue weighted by atomic mass is 16.5. The first-order valence-corrected chi connectivity index (χ1v) is 6.57. The molecule has 0 saturated carbocycles. The predicted octanol–water partition coefficient (Wildman–Crippen LogP) is 3.14. The van der Waals surface area contributed by atoms with Crippen molar-refractivity contribution < 1.29 is 4.74 Å². The molecule has 0 radical (unpaired) electrons. The van der Waals surface area contributed by atoms with E-state index in [0.717, 1.165) is 18.6 Å². The quantitative estimate of drug-likeness (QED) is 0.742. The lowest BCUT2D eigenvalue weighted by atomic mass is 10.0. The topological polar surface area (TPSA) is 27.1 Å². The van der Waals surface area contributed by atoms with Crippen LogP contribution in [0.4, 0.5) is 0 Å². The first kappa shape index (κ1) is 13.4. The van der Waals surface area contributed by atoms with Crippen LogP contribution in [-0.2, 0) is 19.9 Å². The zero-order valence-electron chi connectivity index (χ0n) is 11.6. The molecule has 0 saturated heterocycles. The van der Waals surface area contributed by atoms with Crippen molar-refractivity contribution in [2.45, 2.75) is 19.8 Å². The van der Waals surface area contributed by atoms with Gasteiger partial charge in [-0.2, -0.15) is 5.10 Å². The fourth-order valence-electron chi connectivity index (χ4n) is 2.15. The van der Waals surface area contributed by atoms with E-state index in [1.165, 1.54) is 16.8 Å². The van der Waals surface area contributed by atoms with Crippen LogP contribution in [0.3, 0.4) is 0 Å². The summed E-state index contributed by atoms with van der Waals surface area (Å²) in [5.41, 5.74) is 3.69. The fraction of sp³-hybridized carbons (Fsp3) is 0.312. The van der Waals surface area contributed by atoms with Crippen molar-refractivity contribution >= 4 is 0 Å². The van der Waals surface area contributed by atoms with E-state index < -0.39 is 0 Å². The number of aryl methyl sites for hydroxylation is 2. The summed E-state index contributed by atoms with van der Waals surface area (Å²) in [5.74, 6) is 0.888. The Morgan fingerprint density at radius 2 is 2.26 bits per heavy atom. The van der Waals surface area contributed by atoms with E-state index in [0.29, 0.717) is 6.61 Å². The number of hydrogen-bond donors (Lipinski definition) is 0. The van der Waals surface area contributed by atoms with Gasteiger partial charge in [0.15, 0.2) is 0 Å². The molecule has 0 fully saturated rings. The predicted molar refractivity (Wildman–Crippen MR) is 77.5 cm³/mol. The van der Waals surface area contributed by atoms with Crippen LogP contribution in [0.15, 0.2) is 43.1 Å². The van der Waals surface area contributed by atoms with Gasteiger partial charge in [-0.25, -0.2) is 0 Å². The van der Waals surface area contributed by atoms with E-state index in [2.05, 4.69) is 36.9 Å². The third-order valence-electron chi connectivity index (χ3n) is 2.99. The Bertz CT molecular complexity index is 558. The second-order valence-corrected chi connectivity index (χ2v) is 4.55. The molecule has 0 atom stereocenters. The summed E-state index contributed by atoms with van der Waals surface area (Å²) in [6, 6.07) is 8.19. The van der Waals surface area contributed by atoms with Crippen molar-refractivity contribution in [2.24, 2.45) is 7.05 Å². The Morgan fingerprint density at radius 1 is 1.42 bits per heavy atom. The maximum atomic E-state index is 5.56. The highest BCUT2D eigenvalue weighted by molar-refractivity contribution is 5.33. The number of nitrogens with zero attached hydrogens (tertiary/aromatic N) is 2. The smallest absolute Gasteiger partial charge is 0.120 e. The Morgan fingerprint density at radius 3 is 3.00 bits per heavy atom. The largest absolute Gasteiger partial charge is 0.490 e. The molecule has 0 aliphatic carbocycles. The second kappa shape index (κ2) is 6.23. The van der Waals surface area contributed by atoms with Gasteiger partial charge in [-0.1, -0.05) is 31.7 Å². The summed E-state index contributed by atoms with van der Waals surface area (Å²) in [6.07, 6.45) is 5.70. The lowest BCUT2D eigenvalue weighted by molar-refractivity contribution is 0.363. The summed E-state index contributed by atoms with van der Waals surface area (Å²) in [7, 11) is 1.96. The zero-order chi connectivity index (χ0) is 13.7. The van der Waals surface area contributed by atoms with Crippen molar-refractivity contribution in [3.05, 3.63) is 59.9 Å². The number of ether oxygens (including phenoxy) is 1. The Labute approximate surface area is 114 Å².